The average Bonchev–Trinajstić information content (AvgIpc) is 3.23. The van der Waals surface area contributed by atoms with E-state index in [9.17, 15) is 27.6 Å². The molecule has 0 spiro atoms. The Hall–Kier alpha value is -3.73. The third-order valence-corrected chi connectivity index (χ3v) is 5.41. The highest BCUT2D eigenvalue weighted by atomic mass is 32.1. The molecule has 32 heavy (non-hydrogen) atoms. The minimum atomic E-state index is -4.46. The number of hydrogen-bond donors (Lipinski definition) is 2. The highest BCUT2D eigenvalue weighted by Crippen LogP contribution is 2.33. The van der Waals surface area contributed by atoms with E-state index < -0.39 is 17.6 Å². The Morgan fingerprint density at radius 3 is 2.56 bits per heavy atom. The third-order valence-electron chi connectivity index (χ3n) is 4.65. The second-order valence-electron chi connectivity index (χ2n) is 6.88. The smallest absolute Gasteiger partial charge is 0.298 e. The second kappa shape index (κ2) is 8.42. The fraction of sp³-hybridized carbons (Fsp3) is 0.143. The zero-order chi connectivity index (χ0) is 22.9. The van der Waals surface area contributed by atoms with E-state index in [1.807, 2.05) is 0 Å². The van der Waals surface area contributed by atoms with Gasteiger partial charge in [0.2, 0.25) is 11.8 Å². The lowest BCUT2D eigenvalue weighted by molar-refractivity contribution is -0.137. The van der Waals surface area contributed by atoms with E-state index in [2.05, 4.69) is 15.7 Å². The Morgan fingerprint density at radius 2 is 1.84 bits per heavy atom. The number of thiazole rings is 1. The first-order chi connectivity index (χ1) is 15.2. The maximum absolute atomic E-state index is 12.9. The van der Waals surface area contributed by atoms with Crippen molar-refractivity contribution in [1.82, 2.24) is 10.4 Å². The van der Waals surface area contributed by atoms with Gasteiger partial charge in [0.15, 0.2) is 5.13 Å². The quantitative estimate of drug-likeness (QED) is 0.609. The molecule has 7 nitrogen and oxygen atoms in total. The third kappa shape index (κ3) is 4.62. The summed E-state index contributed by atoms with van der Waals surface area (Å²) in [5.74, 6) is -1.01. The van der Waals surface area contributed by atoms with Crippen molar-refractivity contribution in [3.8, 4) is 11.3 Å². The van der Waals surface area contributed by atoms with Gasteiger partial charge in [-0.2, -0.15) is 13.2 Å². The highest BCUT2D eigenvalue weighted by molar-refractivity contribution is 7.14. The summed E-state index contributed by atoms with van der Waals surface area (Å²) in [5.41, 5.74) is 2.98. The molecule has 2 N–H and O–H groups in total. The van der Waals surface area contributed by atoms with Crippen molar-refractivity contribution in [2.24, 2.45) is 0 Å². The molecule has 2 heterocycles. The molecule has 2 aromatic carbocycles. The highest BCUT2D eigenvalue weighted by Gasteiger charge is 2.30. The normalized spacial score (nSPS) is 14.3. The fourth-order valence-corrected chi connectivity index (χ4v) is 3.75. The molecule has 164 valence electrons. The summed E-state index contributed by atoms with van der Waals surface area (Å²) < 4.78 is 38.8. The lowest BCUT2D eigenvalue weighted by Gasteiger charge is -2.27. The largest absolute Gasteiger partial charge is 0.416 e. The van der Waals surface area contributed by atoms with Gasteiger partial charge in [-0.1, -0.05) is 12.1 Å². The van der Waals surface area contributed by atoms with Crippen molar-refractivity contribution in [1.29, 1.82) is 0 Å². The number of anilines is 2. The van der Waals surface area contributed by atoms with Gasteiger partial charge in [0, 0.05) is 29.3 Å². The molecular formula is C21H15F3N4O3S. The van der Waals surface area contributed by atoms with Gasteiger partial charge in [0.25, 0.3) is 5.91 Å². The molecule has 1 aliphatic heterocycles. The molecule has 11 heteroatoms. The number of alkyl halides is 3. The van der Waals surface area contributed by atoms with E-state index in [4.69, 9.17) is 0 Å². The maximum atomic E-state index is 12.9. The van der Waals surface area contributed by atoms with E-state index in [-0.39, 0.29) is 40.9 Å². The minimum absolute atomic E-state index is 0.104. The van der Waals surface area contributed by atoms with Crippen LogP contribution in [0.4, 0.5) is 24.0 Å². The van der Waals surface area contributed by atoms with Crippen LogP contribution in [-0.4, -0.2) is 22.7 Å². The van der Waals surface area contributed by atoms with Crippen LogP contribution in [0.1, 0.15) is 28.8 Å². The Kier molecular flexibility index (Phi) is 5.66. The molecule has 3 amide bonds. The van der Waals surface area contributed by atoms with Crippen LogP contribution >= 0.6 is 11.3 Å². The molecule has 1 aromatic heterocycles. The standard InChI is InChI=1S/C21H15F3N4O3S/c22-21(23,24)14-3-1-2-13(10-14)16-11-32-20(25-16)26-19(31)12-4-6-15(7-5-12)28-18(30)9-8-17(29)27-28/h1-7,10-11H,8-9H2,(H,27,29)(H,25,26,31). The van der Waals surface area contributed by atoms with Crippen LogP contribution in [0.25, 0.3) is 11.3 Å². The number of aromatic nitrogens is 1. The summed E-state index contributed by atoms with van der Waals surface area (Å²) in [6, 6.07) is 10.8. The van der Waals surface area contributed by atoms with Gasteiger partial charge in [-0.05, 0) is 36.4 Å². The Balaban J connectivity index is 1.45. The van der Waals surface area contributed by atoms with Gasteiger partial charge < -0.3 is 0 Å². The van der Waals surface area contributed by atoms with Gasteiger partial charge >= 0.3 is 6.18 Å². The van der Waals surface area contributed by atoms with Crippen LogP contribution in [0, 0.1) is 0 Å². The number of hydrogen-bond acceptors (Lipinski definition) is 5. The number of halogens is 3. The molecule has 0 aliphatic carbocycles. The maximum Gasteiger partial charge on any atom is 0.416 e. The first-order valence-electron chi connectivity index (χ1n) is 9.38. The zero-order valence-electron chi connectivity index (χ0n) is 16.3. The molecule has 0 radical (unpaired) electrons. The van der Waals surface area contributed by atoms with Crippen molar-refractivity contribution < 1.29 is 27.6 Å². The lowest BCUT2D eigenvalue weighted by atomic mass is 10.1. The molecule has 1 saturated heterocycles. The predicted molar refractivity (Wildman–Crippen MR) is 112 cm³/mol. The van der Waals surface area contributed by atoms with Crippen LogP contribution in [0.15, 0.2) is 53.9 Å². The van der Waals surface area contributed by atoms with Gasteiger partial charge in [-0.3, -0.25) is 25.1 Å². The number of nitrogens with zero attached hydrogens (tertiary/aromatic N) is 2. The summed E-state index contributed by atoms with van der Waals surface area (Å²) in [7, 11) is 0. The fourth-order valence-electron chi connectivity index (χ4n) is 3.03. The van der Waals surface area contributed by atoms with Crippen molar-refractivity contribution in [3.63, 3.8) is 0 Å². The topological polar surface area (TPSA) is 91.4 Å². The van der Waals surface area contributed by atoms with E-state index in [0.29, 0.717) is 11.4 Å². The predicted octanol–water partition coefficient (Wildman–Crippen LogP) is 4.24. The monoisotopic (exact) mass is 460 g/mol. The lowest BCUT2D eigenvalue weighted by Crippen LogP contribution is -2.50. The zero-order valence-corrected chi connectivity index (χ0v) is 17.1. The van der Waals surface area contributed by atoms with Crippen LogP contribution < -0.4 is 15.8 Å². The van der Waals surface area contributed by atoms with Gasteiger partial charge in [0.1, 0.15) is 0 Å². The molecular weight excluding hydrogens is 445 g/mol. The number of rotatable bonds is 4. The van der Waals surface area contributed by atoms with Gasteiger partial charge in [-0.15, -0.1) is 11.3 Å². The van der Waals surface area contributed by atoms with Crippen LogP contribution in [0.2, 0.25) is 0 Å². The van der Waals surface area contributed by atoms with Gasteiger partial charge in [-0.25, -0.2) is 9.99 Å². The Bertz CT molecular complexity index is 1190. The molecule has 0 unspecified atom stereocenters. The second-order valence-corrected chi connectivity index (χ2v) is 7.74. The van der Waals surface area contributed by atoms with E-state index in [1.165, 1.54) is 36.4 Å². The summed E-state index contributed by atoms with van der Waals surface area (Å²) in [6.07, 6.45) is -4.23. The number of nitrogens with one attached hydrogen (secondary N) is 2. The Morgan fingerprint density at radius 1 is 1.09 bits per heavy atom. The number of carbonyl (C=O) groups is 3. The number of hydrazine groups is 1. The molecule has 0 bridgehead atoms. The molecule has 1 aliphatic rings. The molecule has 0 saturated carbocycles. The van der Waals surface area contributed by atoms with Crippen molar-refractivity contribution in [2.45, 2.75) is 19.0 Å². The van der Waals surface area contributed by atoms with Crippen LogP contribution in [-0.2, 0) is 15.8 Å². The number of amides is 3. The van der Waals surface area contributed by atoms with Crippen LogP contribution in [0.5, 0.6) is 0 Å². The molecule has 3 aromatic rings. The summed E-state index contributed by atoms with van der Waals surface area (Å²) in [6.45, 7) is 0. The number of benzene rings is 2. The van der Waals surface area contributed by atoms with E-state index in [0.717, 1.165) is 28.5 Å². The minimum Gasteiger partial charge on any atom is -0.298 e. The summed E-state index contributed by atoms with van der Waals surface area (Å²) in [4.78, 5) is 40.2. The molecule has 1 fully saturated rings. The average molecular weight is 460 g/mol. The molecule has 0 atom stereocenters. The summed E-state index contributed by atoms with van der Waals surface area (Å²) >= 11 is 1.08. The van der Waals surface area contributed by atoms with E-state index >= 15 is 0 Å². The van der Waals surface area contributed by atoms with E-state index in [1.54, 1.807) is 5.38 Å². The molecule has 4 rings (SSSR count). The van der Waals surface area contributed by atoms with Gasteiger partial charge in [0.05, 0.1) is 16.9 Å². The first kappa shape index (κ1) is 21.5. The van der Waals surface area contributed by atoms with Crippen molar-refractivity contribution in [3.05, 3.63) is 65.0 Å². The SMILES string of the molecule is O=C1CCC(=O)N(c2ccc(C(=O)Nc3nc(-c4cccc(C(F)(F)F)c4)cs3)cc2)N1. The summed E-state index contributed by atoms with van der Waals surface area (Å²) in [5, 5.41) is 5.52. The van der Waals surface area contributed by atoms with Crippen LogP contribution in [0.3, 0.4) is 0 Å². The Labute approximate surface area is 183 Å². The van der Waals surface area contributed by atoms with Crippen molar-refractivity contribution in [2.75, 3.05) is 10.3 Å². The first-order valence-corrected chi connectivity index (χ1v) is 10.3. The van der Waals surface area contributed by atoms with Crippen molar-refractivity contribution >= 4 is 39.9 Å². The number of carbonyl (C=O) groups excluding carboxylic acids is 3.